The van der Waals surface area contributed by atoms with Gasteiger partial charge in [-0.3, -0.25) is 0 Å². The zero-order valence-electron chi connectivity index (χ0n) is 19.1. The van der Waals surface area contributed by atoms with Crippen molar-refractivity contribution in [3.05, 3.63) is 23.0 Å². The van der Waals surface area contributed by atoms with Crippen molar-refractivity contribution in [1.29, 1.82) is 0 Å². The molecule has 0 fully saturated rings. The molecule has 30 heavy (non-hydrogen) atoms. The molecule has 164 valence electrons. The lowest BCUT2D eigenvalue weighted by Crippen LogP contribution is -2.29. The molecule has 2 aromatic heterocycles. The van der Waals surface area contributed by atoms with Crippen LogP contribution in [0.3, 0.4) is 0 Å². The smallest absolute Gasteiger partial charge is 0.419 e. The molecule has 0 bridgehead atoms. The standard InChI is InChI=1S/C23H33N3O4/c1-8-29-20(27)19-17(24)18-16(26(19)21(28)30-23(5,6)7)12-13-11-14(22(2,3)4)9-10-15(13)25-18/h12,14H,8-11,24H2,1-7H3. The molecule has 2 aromatic rings. The van der Waals surface area contributed by atoms with Gasteiger partial charge in [0.25, 0.3) is 0 Å². The van der Waals surface area contributed by atoms with Crippen molar-refractivity contribution < 1.29 is 19.1 Å². The Hall–Kier alpha value is -2.57. The maximum Gasteiger partial charge on any atom is 0.419 e. The fourth-order valence-corrected chi connectivity index (χ4v) is 4.01. The minimum atomic E-state index is -0.729. The highest BCUT2D eigenvalue weighted by atomic mass is 16.6. The highest BCUT2D eigenvalue weighted by molar-refractivity contribution is 6.09. The Labute approximate surface area is 177 Å². The minimum absolute atomic E-state index is 0.0247. The van der Waals surface area contributed by atoms with Gasteiger partial charge < -0.3 is 15.2 Å². The lowest BCUT2D eigenvalue weighted by atomic mass is 9.71. The van der Waals surface area contributed by atoms with Gasteiger partial charge in [-0.1, -0.05) is 20.8 Å². The number of hydrogen-bond donors (Lipinski definition) is 1. The van der Waals surface area contributed by atoms with Gasteiger partial charge in [0.05, 0.1) is 17.8 Å². The summed E-state index contributed by atoms with van der Waals surface area (Å²) < 4.78 is 12.0. The normalized spacial score (nSPS) is 17.0. The first kappa shape index (κ1) is 22.1. The average Bonchev–Trinajstić information content (AvgIpc) is 2.89. The minimum Gasteiger partial charge on any atom is -0.461 e. The second-order valence-electron chi connectivity index (χ2n) is 10.1. The Kier molecular flexibility index (Phi) is 5.60. The largest absolute Gasteiger partial charge is 0.461 e. The van der Waals surface area contributed by atoms with E-state index in [0.29, 0.717) is 17.0 Å². The van der Waals surface area contributed by atoms with E-state index in [1.54, 1.807) is 27.7 Å². The van der Waals surface area contributed by atoms with E-state index in [2.05, 4.69) is 20.8 Å². The zero-order valence-corrected chi connectivity index (χ0v) is 19.1. The van der Waals surface area contributed by atoms with Gasteiger partial charge in [0.1, 0.15) is 11.1 Å². The Bertz CT molecular complexity index is 993. The fourth-order valence-electron chi connectivity index (χ4n) is 4.01. The fraction of sp³-hybridized carbons (Fsp3) is 0.609. The monoisotopic (exact) mass is 415 g/mol. The molecule has 0 aromatic carbocycles. The number of nitrogens with two attached hydrogens (primary N) is 1. The van der Waals surface area contributed by atoms with Crippen molar-refractivity contribution in [3.8, 4) is 0 Å². The molecule has 2 heterocycles. The number of pyridine rings is 1. The predicted octanol–water partition coefficient (Wildman–Crippen LogP) is 4.73. The van der Waals surface area contributed by atoms with Gasteiger partial charge >= 0.3 is 12.1 Å². The van der Waals surface area contributed by atoms with Crippen LogP contribution in [0, 0.1) is 11.3 Å². The van der Waals surface area contributed by atoms with Gasteiger partial charge in [0, 0.05) is 5.69 Å². The van der Waals surface area contributed by atoms with Gasteiger partial charge in [0.2, 0.25) is 0 Å². The maximum atomic E-state index is 13.1. The van der Waals surface area contributed by atoms with Crippen LogP contribution in [0.15, 0.2) is 6.07 Å². The van der Waals surface area contributed by atoms with Crippen LogP contribution in [0.4, 0.5) is 10.5 Å². The first-order chi connectivity index (χ1) is 13.8. The lowest BCUT2D eigenvalue weighted by molar-refractivity contribution is 0.0455. The van der Waals surface area contributed by atoms with Crippen molar-refractivity contribution in [3.63, 3.8) is 0 Å². The molecule has 7 nitrogen and oxygen atoms in total. The van der Waals surface area contributed by atoms with Gasteiger partial charge in [-0.25, -0.2) is 19.1 Å². The highest BCUT2D eigenvalue weighted by Crippen LogP contribution is 2.39. The molecule has 0 amide bonds. The quantitative estimate of drug-likeness (QED) is 0.712. The number of carbonyl (C=O) groups excluding carboxylic acids is 2. The van der Waals surface area contributed by atoms with E-state index in [1.807, 2.05) is 6.07 Å². The first-order valence-electron chi connectivity index (χ1n) is 10.6. The maximum absolute atomic E-state index is 13.1. The Morgan fingerprint density at radius 3 is 2.47 bits per heavy atom. The van der Waals surface area contributed by atoms with Crippen LogP contribution in [0.2, 0.25) is 0 Å². The van der Waals surface area contributed by atoms with Gasteiger partial charge in [-0.2, -0.15) is 0 Å². The third kappa shape index (κ3) is 4.16. The molecule has 0 saturated heterocycles. The van der Waals surface area contributed by atoms with Crippen molar-refractivity contribution >= 4 is 28.8 Å². The van der Waals surface area contributed by atoms with Crippen LogP contribution in [0.1, 0.15) is 76.6 Å². The molecule has 0 saturated carbocycles. The van der Waals surface area contributed by atoms with E-state index in [4.69, 9.17) is 20.2 Å². The number of anilines is 1. The van der Waals surface area contributed by atoms with Crippen molar-refractivity contribution in [2.45, 2.75) is 73.3 Å². The van der Waals surface area contributed by atoms with Gasteiger partial charge in [-0.05, 0) is 69.9 Å². The van der Waals surface area contributed by atoms with E-state index in [0.717, 1.165) is 30.5 Å². The number of aryl methyl sites for hydroxylation is 1. The topological polar surface area (TPSA) is 96.4 Å². The number of nitrogens with zero attached hydrogens (tertiary/aromatic N) is 2. The van der Waals surface area contributed by atoms with E-state index >= 15 is 0 Å². The Balaban J connectivity index is 2.21. The predicted molar refractivity (Wildman–Crippen MR) is 117 cm³/mol. The van der Waals surface area contributed by atoms with Crippen LogP contribution in [-0.2, 0) is 22.3 Å². The van der Waals surface area contributed by atoms with Crippen LogP contribution >= 0.6 is 0 Å². The molecule has 1 aliphatic carbocycles. The summed E-state index contributed by atoms with van der Waals surface area (Å²) in [5, 5.41) is 0. The van der Waals surface area contributed by atoms with Gasteiger partial charge in [-0.15, -0.1) is 0 Å². The van der Waals surface area contributed by atoms with E-state index in [-0.39, 0.29) is 23.4 Å². The molecule has 0 radical (unpaired) electrons. The van der Waals surface area contributed by atoms with E-state index in [1.165, 1.54) is 4.57 Å². The number of ether oxygens (including phenoxy) is 2. The number of esters is 1. The summed E-state index contributed by atoms with van der Waals surface area (Å²) >= 11 is 0. The molecular formula is C23H33N3O4. The van der Waals surface area contributed by atoms with Crippen LogP contribution < -0.4 is 5.73 Å². The van der Waals surface area contributed by atoms with E-state index in [9.17, 15) is 9.59 Å². The Morgan fingerprint density at radius 2 is 1.90 bits per heavy atom. The summed E-state index contributed by atoms with van der Waals surface area (Å²) in [5.41, 5.74) is 8.87. The van der Waals surface area contributed by atoms with Crippen LogP contribution in [0.5, 0.6) is 0 Å². The van der Waals surface area contributed by atoms with Crippen LogP contribution in [0.25, 0.3) is 11.0 Å². The number of nitrogen functional groups attached to an aromatic ring is 1. The van der Waals surface area contributed by atoms with Gasteiger partial charge in [0.15, 0.2) is 5.69 Å². The second kappa shape index (κ2) is 7.60. The number of carbonyl (C=O) groups is 2. The summed E-state index contributed by atoms with van der Waals surface area (Å²) in [5.74, 6) is -0.152. The van der Waals surface area contributed by atoms with Crippen molar-refractivity contribution in [1.82, 2.24) is 9.55 Å². The number of hydrogen-bond acceptors (Lipinski definition) is 6. The average molecular weight is 416 g/mol. The SMILES string of the molecule is CCOC(=O)c1c(N)c2nc3c(cc2n1C(=O)OC(C)(C)C)CC(C(C)(C)C)CC3. The van der Waals surface area contributed by atoms with Crippen LogP contribution in [-0.4, -0.2) is 33.8 Å². The zero-order chi connectivity index (χ0) is 22.4. The summed E-state index contributed by atoms with van der Waals surface area (Å²) in [6.07, 6.45) is 2.10. The Morgan fingerprint density at radius 1 is 1.23 bits per heavy atom. The lowest BCUT2D eigenvalue weighted by Gasteiger charge is -2.34. The van der Waals surface area contributed by atoms with Crippen molar-refractivity contribution in [2.24, 2.45) is 11.3 Å². The number of rotatable bonds is 2. The summed E-state index contributed by atoms with van der Waals surface area (Å²) in [6.45, 7) is 13.9. The highest BCUT2D eigenvalue weighted by Gasteiger charge is 2.33. The molecular weight excluding hydrogens is 382 g/mol. The third-order valence-corrected chi connectivity index (χ3v) is 5.61. The van der Waals surface area contributed by atoms with Crippen molar-refractivity contribution in [2.75, 3.05) is 12.3 Å². The second-order valence-corrected chi connectivity index (χ2v) is 10.1. The summed E-state index contributed by atoms with van der Waals surface area (Å²) in [7, 11) is 0. The molecule has 1 aliphatic rings. The third-order valence-electron chi connectivity index (χ3n) is 5.61. The number of aromatic nitrogens is 2. The summed E-state index contributed by atoms with van der Waals surface area (Å²) in [6, 6.07) is 1.94. The summed E-state index contributed by atoms with van der Waals surface area (Å²) in [4.78, 5) is 30.5. The first-order valence-corrected chi connectivity index (χ1v) is 10.6. The molecule has 7 heteroatoms. The molecule has 0 spiro atoms. The molecule has 1 unspecified atom stereocenters. The molecule has 3 rings (SSSR count). The molecule has 2 N–H and O–H groups in total. The number of fused-ring (bicyclic) bond motifs is 2. The van der Waals surface area contributed by atoms with E-state index < -0.39 is 17.7 Å². The molecule has 0 aliphatic heterocycles. The molecule has 1 atom stereocenters.